The molecule has 0 amide bonds. The maximum absolute atomic E-state index is 11.9. The molecule has 0 bridgehead atoms. The Morgan fingerprint density at radius 3 is 2.59 bits per heavy atom. The van der Waals surface area contributed by atoms with Gasteiger partial charge in [0.05, 0.1) is 5.69 Å². The lowest BCUT2D eigenvalue weighted by molar-refractivity contribution is 0.475. The summed E-state index contributed by atoms with van der Waals surface area (Å²) in [6.07, 6.45) is 0. The van der Waals surface area contributed by atoms with Crippen molar-refractivity contribution >= 4 is 27.0 Å². The van der Waals surface area contributed by atoms with E-state index in [0.29, 0.717) is 5.69 Å². The summed E-state index contributed by atoms with van der Waals surface area (Å²) in [4.78, 5) is 0.932. The molecule has 0 aliphatic rings. The van der Waals surface area contributed by atoms with Crippen molar-refractivity contribution in [3.63, 3.8) is 0 Å². The molecule has 0 fully saturated rings. The number of benzene rings is 1. The average Bonchev–Trinajstić information content (AvgIpc) is 2.65. The zero-order valence-electron chi connectivity index (χ0n) is 9.04. The molecule has 0 aliphatic heterocycles. The number of aryl methyl sites for hydroxylation is 1. The molecule has 1 aromatic carbocycles. The van der Waals surface area contributed by atoms with Gasteiger partial charge in [-0.2, -0.15) is 0 Å². The summed E-state index contributed by atoms with van der Waals surface area (Å²) in [7, 11) is -3.55. The second-order valence-corrected chi connectivity index (χ2v) is 6.72. The summed E-state index contributed by atoms with van der Waals surface area (Å²) in [6.45, 7) is 1.85. The standard InChI is InChI=1S/C11H11NO3S2/c1-8-5-6-11(16-8)17(14,15)12-9-3-2-4-10(13)7-9/h2-7,12-13H,1H3. The van der Waals surface area contributed by atoms with Crippen LogP contribution in [-0.4, -0.2) is 13.5 Å². The van der Waals surface area contributed by atoms with E-state index in [4.69, 9.17) is 0 Å². The number of anilines is 1. The summed E-state index contributed by atoms with van der Waals surface area (Å²) >= 11 is 1.21. The molecule has 0 saturated carbocycles. The molecule has 6 heteroatoms. The number of aromatic hydroxyl groups is 1. The number of hydrogen-bond donors (Lipinski definition) is 2. The van der Waals surface area contributed by atoms with Crippen LogP contribution < -0.4 is 4.72 Å². The van der Waals surface area contributed by atoms with E-state index in [1.54, 1.807) is 24.3 Å². The number of nitrogens with one attached hydrogen (secondary N) is 1. The van der Waals surface area contributed by atoms with Gasteiger partial charge in [-0.1, -0.05) is 6.07 Å². The Hall–Kier alpha value is -1.53. The molecular formula is C11H11NO3S2. The van der Waals surface area contributed by atoms with Gasteiger partial charge >= 0.3 is 0 Å². The van der Waals surface area contributed by atoms with Crippen molar-refractivity contribution in [3.8, 4) is 5.75 Å². The van der Waals surface area contributed by atoms with Crippen LogP contribution in [0.3, 0.4) is 0 Å². The van der Waals surface area contributed by atoms with Crippen molar-refractivity contribution < 1.29 is 13.5 Å². The molecule has 0 saturated heterocycles. The molecule has 0 spiro atoms. The molecule has 0 aliphatic carbocycles. The van der Waals surface area contributed by atoms with Crippen LogP contribution >= 0.6 is 11.3 Å². The molecule has 1 heterocycles. The Kier molecular flexibility index (Phi) is 3.08. The van der Waals surface area contributed by atoms with Gasteiger partial charge in [0.15, 0.2) is 0 Å². The predicted octanol–water partition coefficient (Wildman–Crippen LogP) is 2.56. The fourth-order valence-electron chi connectivity index (χ4n) is 1.33. The van der Waals surface area contributed by atoms with Crippen molar-refractivity contribution in [2.45, 2.75) is 11.1 Å². The van der Waals surface area contributed by atoms with Gasteiger partial charge in [0.2, 0.25) is 0 Å². The maximum atomic E-state index is 11.9. The van der Waals surface area contributed by atoms with Crippen LogP contribution in [-0.2, 0) is 10.0 Å². The van der Waals surface area contributed by atoms with Gasteiger partial charge in [0.1, 0.15) is 9.96 Å². The Bertz CT molecular complexity index is 632. The van der Waals surface area contributed by atoms with E-state index in [1.807, 2.05) is 6.92 Å². The normalized spacial score (nSPS) is 11.4. The van der Waals surface area contributed by atoms with E-state index in [0.717, 1.165) is 4.88 Å². The van der Waals surface area contributed by atoms with Crippen LogP contribution in [0.1, 0.15) is 4.88 Å². The number of thiophene rings is 1. The van der Waals surface area contributed by atoms with Crippen molar-refractivity contribution in [1.29, 1.82) is 0 Å². The summed E-state index contributed by atoms with van der Waals surface area (Å²) in [5.41, 5.74) is 0.344. The lowest BCUT2D eigenvalue weighted by atomic mass is 10.3. The zero-order chi connectivity index (χ0) is 12.5. The van der Waals surface area contributed by atoms with E-state index in [-0.39, 0.29) is 9.96 Å². The average molecular weight is 269 g/mol. The van der Waals surface area contributed by atoms with Crippen LogP contribution in [0.5, 0.6) is 5.75 Å². The number of rotatable bonds is 3. The van der Waals surface area contributed by atoms with Crippen LogP contribution in [0.4, 0.5) is 5.69 Å². The highest BCUT2D eigenvalue weighted by Crippen LogP contribution is 2.24. The van der Waals surface area contributed by atoms with Crippen molar-refractivity contribution in [3.05, 3.63) is 41.3 Å². The minimum Gasteiger partial charge on any atom is -0.508 e. The van der Waals surface area contributed by atoms with Gasteiger partial charge in [-0.15, -0.1) is 11.3 Å². The predicted molar refractivity (Wildman–Crippen MR) is 68.0 cm³/mol. The van der Waals surface area contributed by atoms with E-state index in [9.17, 15) is 13.5 Å². The fourth-order valence-corrected chi connectivity index (χ4v) is 3.66. The monoisotopic (exact) mass is 269 g/mol. The lowest BCUT2D eigenvalue weighted by Gasteiger charge is -2.06. The minimum absolute atomic E-state index is 0.0209. The number of hydrogen-bond acceptors (Lipinski definition) is 4. The number of phenols is 1. The van der Waals surface area contributed by atoms with E-state index < -0.39 is 10.0 Å². The summed E-state index contributed by atoms with van der Waals surface area (Å²) in [5.74, 6) is 0.0209. The SMILES string of the molecule is Cc1ccc(S(=O)(=O)Nc2cccc(O)c2)s1. The van der Waals surface area contributed by atoms with Gasteiger partial charge in [-0.25, -0.2) is 8.42 Å². The summed E-state index contributed by atoms with van der Waals surface area (Å²) in [5, 5.41) is 9.25. The van der Waals surface area contributed by atoms with Crippen molar-refractivity contribution in [1.82, 2.24) is 0 Å². The summed E-state index contributed by atoms with van der Waals surface area (Å²) < 4.78 is 26.6. The van der Waals surface area contributed by atoms with Crippen molar-refractivity contribution in [2.24, 2.45) is 0 Å². The van der Waals surface area contributed by atoms with Crippen LogP contribution in [0.2, 0.25) is 0 Å². The molecule has 17 heavy (non-hydrogen) atoms. The first-order chi connectivity index (χ1) is 7.97. The quantitative estimate of drug-likeness (QED) is 0.900. The molecule has 2 N–H and O–H groups in total. The zero-order valence-corrected chi connectivity index (χ0v) is 10.7. The highest BCUT2D eigenvalue weighted by Gasteiger charge is 2.16. The molecular weight excluding hydrogens is 258 g/mol. The highest BCUT2D eigenvalue weighted by atomic mass is 32.2. The fraction of sp³-hybridized carbons (Fsp3) is 0.0909. The maximum Gasteiger partial charge on any atom is 0.271 e. The Morgan fingerprint density at radius 1 is 1.24 bits per heavy atom. The van der Waals surface area contributed by atoms with Gasteiger partial charge in [0, 0.05) is 10.9 Å². The first-order valence-electron chi connectivity index (χ1n) is 4.86. The van der Waals surface area contributed by atoms with Crippen LogP contribution in [0, 0.1) is 6.92 Å². The molecule has 2 rings (SSSR count). The molecule has 0 atom stereocenters. The van der Waals surface area contributed by atoms with Gasteiger partial charge in [-0.05, 0) is 31.2 Å². The molecule has 2 aromatic rings. The second-order valence-electron chi connectivity index (χ2n) is 3.52. The Morgan fingerprint density at radius 2 is 2.00 bits per heavy atom. The van der Waals surface area contributed by atoms with Gasteiger partial charge in [-0.3, -0.25) is 4.72 Å². The van der Waals surface area contributed by atoms with Gasteiger partial charge in [0.25, 0.3) is 10.0 Å². The molecule has 0 radical (unpaired) electrons. The highest BCUT2D eigenvalue weighted by molar-refractivity contribution is 7.94. The first-order valence-corrected chi connectivity index (χ1v) is 7.16. The smallest absolute Gasteiger partial charge is 0.271 e. The Labute approximate surface area is 104 Å². The summed E-state index contributed by atoms with van der Waals surface area (Å²) in [6, 6.07) is 9.31. The van der Waals surface area contributed by atoms with Crippen molar-refractivity contribution in [2.75, 3.05) is 4.72 Å². The number of phenolic OH excluding ortho intramolecular Hbond substituents is 1. The Balaban J connectivity index is 2.29. The third-order valence-electron chi connectivity index (χ3n) is 2.08. The molecule has 1 aromatic heterocycles. The number of sulfonamides is 1. The van der Waals surface area contributed by atoms with E-state index >= 15 is 0 Å². The lowest BCUT2D eigenvalue weighted by Crippen LogP contribution is -2.11. The largest absolute Gasteiger partial charge is 0.508 e. The topological polar surface area (TPSA) is 66.4 Å². The molecule has 0 unspecified atom stereocenters. The second kappa shape index (κ2) is 4.38. The van der Waals surface area contributed by atoms with Crippen LogP contribution in [0.25, 0.3) is 0 Å². The minimum atomic E-state index is -3.55. The van der Waals surface area contributed by atoms with Crippen LogP contribution in [0.15, 0.2) is 40.6 Å². The molecule has 90 valence electrons. The molecule has 4 nitrogen and oxygen atoms in total. The first kappa shape index (κ1) is 11.9. The van der Waals surface area contributed by atoms with E-state index in [1.165, 1.54) is 23.5 Å². The third kappa shape index (κ3) is 2.78. The third-order valence-corrected chi connectivity index (χ3v) is 4.95. The van der Waals surface area contributed by atoms with E-state index in [2.05, 4.69) is 4.72 Å². The van der Waals surface area contributed by atoms with Gasteiger partial charge < -0.3 is 5.11 Å².